The summed E-state index contributed by atoms with van der Waals surface area (Å²) in [6, 6.07) is 0. The van der Waals surface area contributed by atoms with Crippen molar-refractivity contribution < 1.29 is 0 Å². The van der Waals surface area contributed by atoms with E-state index in [0.717, 1.165) is 5.92 Å². The van der Waals surface area contributed by atoms with E-state index in [1.165, 1.54) is 32.5 Å². The lowest BCUT2D eigenvalue weighted by molar-refractivity contribution is 0.135. The van der Waals surface area contributed by atoms with Gasteiger partial charge in [-0.05, 0) is 18.8 Å². The number of nitrogens with zero attached hydrogens (tertiary/aromatic N) is 1. The smallest absolute Gasteiger partial charge is 0.0154 e. The van der Waals surface area contributed by atoms with Crippen LogP contribution in [0.25, 0.3) is 0 Å². The summed E-state index contributed by atoms with van der Waals surface area (Å²) in [7, 11) is 0. The molecule has 1 fully saturated rings. The van der Waals surface area contributed by atoms with Gasteiger partial charge in [-0.3, -0.25) is 5.43 Å². The minimum absolute atomic E-state index is 0.783. The maximum Gasteiger partial charge on any atom is 0.0154 e. The Hall–Kier alpha value is -0.0800. The summed E-state index contributed by atoms with van der Waals surface area (Å²) in [6.45, 7) is 8.12. The number of hydrogen-bond acceptors (Lipinski definition) is 2. The van der Waals surface area contributed by atoms with Gasteiger partial charge in [0.25, 0.3) is 0 Å². The third-order valence-corrected chi connectivity index (χ3v) is 1.78. The van der Waals surface area contributed by atoms with Gasteiger partial charge >= 0.3 is 0 Å². The Morgan fingerprint density at radius 2 is 2.20 bits per heavy atom. The van der Waals surface area contributed by atoms with E-state index >= 15 is 0 Å². The Morgan fingerprint density at radius 3 is 2.70 bits per heavy atom. The molecule has 1 heterocycles. The Labute approximate surface area is 63.6 Å². The molecule has 1 N–H and O–H groups in total. The summed E-state index contributed by atoms with van der Waals surface area (Å²) in [6.07, 6.45) is 2.70. The van der Waals surface area contributed by atoms with Crippen molar-refractivity contribution in [1.82, 2.24) is 10.4 Å². The van der Waals surface area contributed by atoms with Crippen molar-refractivity contribution in [2.75, 3.05) is 19.6 Å². The van der Waals surface area contributed by atoms with Crippen LogP contribution in [0.3, 0.4) is 0 Å². The summed E-state index contributed by atoms with van der Waals surface area (Å²) in [5.74, 6) is 0.783. The summed E-state index contributed by atoms with van der Waals surface area (Å²) in [4.78, 5) is 0. The highest BCUT2D eigenvalue weighted by atomic mass is 15.5. The molecule has 0 spiro atoms. The van der Waals surface area contributed by atoms with Crippen molar-refractivity contribution in [2.45, 2.75) is 26.7 Å². The fraction of sp³-hybridized carbons (Fsp3) is 1.00. The van der Waals surface area contributed by atoms with Gasteiger partial charge in [0.15, 0.2) is 0 Å². The molecule has 0 aliphatic carbocycles. The molecular formula is C8H18N2. The maximum atomic E-state index is 3.38. The summed E-state index contributed by atoms with van der Waals surface area (Å²) in [5.41, 5.74) is 3.38. The lowest BCUT2D eigenvalue weighted by Gasteiger charge is -2.28. The molecule has 0 radical (unpaired) electrons. The van der Waals surface area contributed by atoms with Crippen molar-refractivity contribution in [3.8, 4) is 0 Å². The van der Waals surface area contributed by atoms with Crippen molar-refractivity contribution in [2.24, 2.45) is 5.92 Å². The summed E-state index contributed by atoms with van der Waals surface area (Å²) in [5, 5.41) is 2.34. The fourth-order valence-corrected chi connectivity index (χ4v) is 1.34. The van der Waals surface area contributed by atoms with Gasteiger partial charge in [-0.25, -0.2) is 5.01 Å². The fourth-order valence-electron chi connectivity index (χ4n) is 1.34. The topological polar surface area (TPSA) is 15.3 Å². The first-order chi connectivity index (χ1) is 4.79. The molecule has 0 aromatic heterocycles. The van der Waals surface area contributed by atoms with Gasteiger partial charge in [0.1, 0.15) is 0 Å². The van der Waals surface area contributed by atoms with E-state index in [2.05, 4.69) is 24.3 Å². The minimum atomic E-state index is 0.783. The van der Waals surface area contributed by atoms with Crippen LogP contribution in [-0.4, -0.2) is 24.6 Å². The number of hydrogen-bond donors (Lipinski definition) is 1. The SMILES string of the molecule is CC(C)CN1CCCCN1. The van der Waals surface area contributed by atoms with E-state index in [4.69, 9.17) is 0 Å². The Balaban J connectivity index is 2.13. The van der Waals surface area contributed by atoms with Gasteiger partial charge in [-0.1, -0.05) is 13.8 Å². The second kappa shape index (κ2) is 3.94. The maximum absolute atomic E-state index is 3.38. The quantitative estimate of drug-likeness (QED) is 0.624. The molecule has 0 unspecified atom stereocenters. The molecule has 0 saturated carbocycles. The molecule has 0 amide bonds. The van der Waals surface area contributed by atoms with E-state index in [1.54, 1.807) is 0 Å². The molecule has 10 heavy (non-hydrogen) atoms. The Morgan fingerprint density at radius 1 is 1.40 bits per heavy atom. The second-order valence-corrected chi connectivity index (χ2v) is 3.46. The van der Waals surface area contributed by atoms with Gasteiger partial charge in [0.05, 0.1) is 0 Å². The van der Waals surface area contributed by atoms with Crippen LogP contribution in [0.4, 0.5) is 0 Å². The first-order valence-corrected chi connectivity index (χ1v) is 4.27. The third kappa shape index (κ3) is 2.67. The molecule has 1 saturated heterocycles. The summed E-state index contributed by atoms with van der Waals surface area (Å²) < 4.78 is 0. The van der Waals surface area contributed by atoms with Gasteiger partial charge in [-0.15, -0.1) is 0 Å². The Kier molecular flexibility index (Phi) is 3.16. The average molecular weight is 142 g/mol. The largest absolute Gasteiger partial charge is 0.255 e. The molecular weight excluding hydrogens is 124 g/mol. The molecule has 60 valence electrons. The molecule has 2 heteroatoms. The van der Waals surface area contributed by atoms with Crippen molar-refractivity contribution in [1.29, 1.82) is 0 Å². The predicted octanol–water partition coefficient (Wildman–Crippen LogP) is 1.24. The molecule has 1 rings (SSSR count). The van der Waals surface area contributed by atoms with Crippen LogP contribution in [0.1, 0.15) is 26.7 Å². The molecule has 0 atom stereocenters. The second-order valence-electron chi connectivity index (χ2n) is 3.46. The first-order valence-electron chi connectivity index (χ1n) is 4.27. The van der Waals surface area contributed by atoms with Gasteiger partial charge in [0, 0.05) is 19.6 Å². The van der Waals surface area contributed by atoms with Crippen molar-refractivity contribution >= 4 is 0 Å². The normalized spacial score (nSPS) is 21.9. The van der Waals surface area contributed by atoms with Gasteiger partial charge in [0.2, 0.25) is 0 Å². The Bertz CT molecular complexity index is 85.3. The van der Waals surface area contributed by atoms with Crippen LogP contribution in [0.15, 0.2) is 0 Å². The van der Waals surface area contributed by atoms with E-state index in [0.29, 0.717) is 0 Å². The van der Waals surface area contributed by atoms with Crippen molar-refractivity contribution in [3.63, 3.8) is 0 Å². The van der Waals surface area contributed by atoms with Crippen LogP contribution >= 0.6 is 0 Å². The van der Waals surface area contributed by atoms with Crippen LogP contribution in [0.2, 0.25) is 0 Å². The highest BCUT2D eigenvalue weighted by Crippen LogP contribution is 2.02. The van der Waals surface area contributed by atoms with Crippen LogP contribution in [0, 0.1) is 5.92 Å². The molecule has 1 aliphatic heterocycles. The first kappa shape index (κ1) is 8.02. The van der Waals surface area contributed by atoms with Crippen LogP contribution < -0.4 is 5.43 Å². The minimum Gasteiger partial charge on any atom is -0.255 e. The molecule has 1 aliphatic rings. The molecule has 0 aromatic rings. The zero-order valence-electron chi connectivity index (χ0n) is 7.06. The highest BCUT2D eigenvalue weighted by molar-refractivity contribution is 4.61. The van der Waals surface area contributed by atoms with E-state index in [1.807, 2.05) is 0 Å². The average Bonchev–Trinajstić information content (AvgIpc) is 1.88. The van der Waals surface area contributed by atoms with E-state index in [-0.39, 0.29) is 0 Å². The zero-order chi connectivity index (χ0) is 7.40. The molecule has 0 aromatic carbocycles. The lowest BCUT2D eigenvalue weighted by Crippen LogP contribution is -2.44. The third-order valence-electron chi connectivity index (χ3n) is 1.78. The number of rotatable bonds is 2. The standard InChI is InChI=1S/C8H18N2/c1-8(2)7-10-6-4-3-5-9-10/h8-9H,3-7H2,1-2H3. The van der Waals surface area contributed by atoms with Crippen LogP contribution in [0.5, 0.6) is 0 Å². The number of hydrazine groups is 1. The van der Waals surface area contributed by atoms with E-state index in [9.17, 15) is 0 Å². The monoisotopic (exact) mass is 142 g/mol. The van der Waals surface area contributed by atoms with E-state index < -0.39 is 0 Å². The number of nitrogens with one attached hydrogen (secondary N) is 1. The van der Waals surface area contributed by atoms with Crippen molar-refractivity contribution in [3.05, 3.63) is 0 Å². The highest BCUT2D eigenvalue weighted by Gasteiger charge is 2.09. The predicted molar refractivity (Wildman–Crippen MR) is 43.6 cm³/mol. The van der Waals surface area contributed by atoms with Gasteiger partial charge in [-0.2, -0.15) is 0 Å². The summed E-state index contributed by atoms with van der Waals surface area (Å²) >= 11 is 0. The zero-order valence-corrected chi connectivity index (χ0v) is 7.06. The molecule has 0 bridgehead atoms. The van der Waals surface area contributed by atoms with Gasteiger partial charge < -0.3 is 0 Å². The lowest BCUT2D eigenvalue weighted by atomic mass is 10.2. The molecule has 2 nitrogen and oxygen atoms in total. The van der Waals surface area contributed by atoms with Crippen LogP contribution in [-0.2, 0) is 0 Å².